The molecule has 4 rings (SSSR count). The van der Waals surface area contributed by atoms with E-state index in [-0.39, 0.29) is 55.8 Å². The molecule has 0 heterocycles. The second kappa shape index (κ2) is 77.2. The van der Waals surface area contributed by atoms with Crippen LogP contribution in [0.15, 0.2) is 142 Å². The van der Waals surface area contributed by atoms with E-state index in [2.05, 4.69) is 211 Å². The third-order valence-electron chi connectivity index (χ3n) is 19.9. The fourth-order valence-electron chi connectivity index (χ4n) is 9.40. The van der Waals surface area contributed by atoms with E-state index in [0.717, 1.165) is 68.1 Å². The molecule has 6 atom stereocenters. The molecule has 4 aromatic carbocycles. The topological polar surface area (TPSA) is 269 Å². The highest BCUT2D eigenvalue weighted by Gasteiger charge is 2.27. The van der Waals surface area contributed by atoms with Crippen molar-refractivity contribution in [2.45, 2.75) is 269 Å². The van der Waals surface area contributed by atoms with Gasteiger partial charge in [-0.2, -0.15) is 10.5 Å². The number of rotatable bonds is 52. The molecular weight excluding hydrogens is 1570 g/mol. The summed E-state index contributed by atoms with van der Waals surface area (Å²) < 4.78 is 67.1. The van der Waals surface area contributed by atoms with Crippen LogP contribution in [-0.2, 0) is 94.9 Å². The number of amides is 2. The number of nitrogens with one attached hydrogen (secondary N) is 2. The monoisotopic (exact) mass is 1730 g/mol. The van der Waals surface area contributed by atoms with Crippen molar-refractivity contribution < 1.29 is 80.8 Å². The van der Waals surface area contributed by atoms with E-state index < -0.39 is 29.2 Å². The summed E-state index contributed by atoms with van der Waals surface area (Å²) in [7, 11) is 0. The van der Waals surface area contributed by atoms with E-state index in [0.29, 0.717) is 141 Å². The number of esters is 2. The lowest BCUT2D eigenvalue weighted by Crippen LogP contribution is -2.41. The maximum atomic E-state index is 12.0. The van der Waals surface area contributed by atoms with Gasteiger partial charge in [0, 0.05) is 11.8 Å². The maximum Gasteiger partial charge on any atom is 0.408 e. The molecule has 2 amide bonds. The summed E-state index contributed by atoms with van der Waals surface area (Å²) >= 11 is 0. The van der Waals surface area contributed by atoms with Crippen LogP contribution < -0.4 is 10.6 Å². The number of benzene rings is 4. The highest BCUT2D eigenvalue weighted by molar-refractivity contribution is 5.89. The lowest BCUT2D eigenvalue weighted by atomic mass is 9.81. The summed E-state index contributed by atoms with van der Waals surface area (Å²) in [5.74, 6) is 0.878. The minimum absolute atomic E-state index is 0.145. The molecule has 0 fully saturated rings. The van der Waals surface area contributed by atoms with Crippen LogP contribution in [0.3, 0.4) is 0 Å². The molecule has 23 heteroatoms. The van der Waals surface area contributed by atoms with Gasteiger partial charge in [0.15, 0.2) is 0 Å². The van der Waals surface area contributed by atoms with Gasteiger partial charge in [0.25, 0.3) is 0 Å². The number of carbonyl (C=O) groups is 4. The molecule has 0 aliphatic carbocycles. The van der Waals surface area contributed by atoms with Crippen molar-refractivity contribution >= 4 is 30.2 Å². The van der Waals surface area contributed by atoms with Gasteiger partial charge in [-0.1, -0.05) is 227 Å². The Balaban J connectivity index is -0.000000685. The van der Waals surface area contributed by atoms with E-state index in [4.69, 9.17) is 85.2 Å². The van der Waals surface area contributed by atoms with Crippen molar-refractivity contribution in [1.82, 2.24) is 10.6 Å². The SMILES string of the molecule is C=CCOC(=O)NC(C)(C)c1ccc(C(C)(C)CC)cc1.C=COCCOCCOC(=O)NC(C)(C)c1ccc(C(C)(C)CC)cc1.C=COCCOCCOC(=O)c1ccc(C(C)CC)cc1.C=Cc1ccc(COCCOC(C)CC)cc1.CCC(C)OCCOC(=O)CC#N.CCC(C)OCCOCCC#N.[C-]#[N+]CC(C)CC.[C-]#[N+]CC(C)CC. The third kappa shape index (κ3) is 65.3. The standard InChI is InChI=1S/C21H33NO4.C18H27NO2.C17H24O4.C15H22O2.C9H15NO3.C9H17NO2.2C6H11N/c1-7-20(3,4)17-9-11-18(12-10-17)21(5,6)22-19(23)26-16-15-25-14-13-24-8-2;1-7-13-21-16(20)19-18(5,6)15-11-9-14(10-12-15)17(3,4)8-2;1-4-14(3)15-6-8-16(9-7-15)17(18)21-13-12-20-11-10-19-5-2;1-4-13(3)17-11-10-16-12-15-8-6-14(5-2)7-9-15;1-3-8(2)12-6-7-13-9(11)4-5-10;1-3-9(2)12-8-7-11-6-4-5-10;2*1-4-6(2)5-7-3/h8-12H,2,7,13-16H2,1,3-6H3,(H,22,23);7,9-12H,1,8,13H2,2-6H3,(H,19,20);5-9,14H,2,4,10-13H2,1,3H3;5-9,13H,2,4,10-12H2,1,3H3;8H,3-4,6-7H2,1-2H3;9H,3-4,6-8H2,1-2H3;2*6H,4-5H2,1-2H3. The molecule has 4 aromatic rings. The van der Waals surface area contributed by atoms with E-state index >= 15 is 0 Å². The van der Waals surface area contributed by atoms with Crippen LogP contribution in [0.1, 0.15) is 272 Å². The van der Waals surface area contributed by atoms with Gasteiger partial charge in [0.2, 0.25) is 13.1 Å². The quantitative estimate of drug-likeness (QED) is 0.0104. The zero-order valence-electron chi connectivity index (χ0n) is 80.1. The zero-order chi connectivity index (χ0) is 94.5. The highest BCUT2D eigenvalue weighted by atomic mass is 16.6. The fraction of sp³-hybridized carbons (Fsp3) is 0.604. The summed E-state index contributed by atoms with van der Waals surface area (Å²) in [5.41, 5.74) is 8.10. The van der Waals surface area contributed by atoms with Gasteiger partial charge in [-0.15, -0.1) is 0 Å². The largest absolute Gasteiger partial charge is 0.499 e. The van der Waals surface area contributed by atoms with Crippen molar-refractivity contribution in [2.75, 3.05) is 119 Å². The van der Waals surface area contributed by atoms with Gasteiger partial charge < -0.3 is 81.9 Å². The molecule has 0 aromatic heterocycles. The Morgan fingerprint density at radius 3 is 1.20 bits per heavy atom. The number of alkyl carbamates (subject to hydrolysis) is 2. The predicted molar refractivity (Wildman–Crippen MR) is 501 cm³/mol. The minimum atomic E-state index is -0.523. The lowest BCUT2D eigenvalue weighted by Gasteiger charge is -2.28. The first-order chi connectivity index (χ1) is 59.0. The Hall–Kier alpha value is -9.40. The van der Waals surface area contributed by atoms with Crippen molar-refractivity contribution in [2.24, 2.45) is 11.8 Å². The van der Waals surface area contributed by atoms with E-state index in [1.54, 1.807) is 12.1 Å². The van der Waals surface area contributed by atoms with Gasteiger partial charge in [-0.05, 0) is 168 Å². The molecule has 0 aliphatic heterocycles. The Labute approximate surface area is 749 Å². The summed E-state index contributed by atoms with van der Waals surface area (Å²) in [6, 6.07) is 36.3. The molecular formula is C101H160N6O17. The summed E-state index contributed by atoms with van der Waals surface area (Å²) in [6.45, 7) is 82.0. The summed E-state index contributed by atoms with van der Waals surface area (Å²) in [4.78, 5) is 52.7. The summed E-state index contributed by atoms with van der Waals surface area (Å²) in [6.07, 6.45) is 14.8. The van der Waals surface area contributed by atoms with E-state index in [1.807, 2.05) is 97.0 Å². The number of nitrogens with zero attached hydrogens (tertiary/aromatic N) is 4. The molecule has 0 saturated carbocycles. The second-order valence-electron chi connectivity index (χ2n) is 31.6. The molecule has 0 spiro atoms. The van der Waals surface area contributed by atoms with Crippen LogP contribution in [0, 0.1) is 47.6 Å². The zero-order valence-corrected chi connectivity index (χ0v) is 80.1. The fourth-order valence-corrected chi connectivity index (χ4v) is 9.40. The van der Waals surface area contributed by atoms with Crippen molar-refractivity contribution in [3.05, 3.63) is 209 Å². The average Bonchev–Trinajstić information content (AvgIpc) is 0.819. The van der Waals surface area contributed by atoms with E-state index in [1.165, 1.54) is 34.8 Å². The Morgan fingerprint density at radius 2 is 0.831 bits per heavy atom. The number of ether oxygens (including phenoxy) is 13. The molecule has 124 heavy (non-hydrogen) atoms. The van der Waals surface area contributed by atoms with Crippen molar-refractivity contribution in [3.63, 3.8) is 0 Å². The van der Waals surface area contributed by atoms with Crippen LogP contribution in [0.5, 0.6) is 0 Å². The van der Waals surface area contributed by atoms with Crippen LogP contribution in [0.2, 0.25) is 0 Å². The number of nitriles is 2. The Bertz CT molecular complexity index is 3540. The molecule has 6 unspecified atom stereocenters. The first kappa shape index (κ1) is 121. The Kier molecular flexibility index (Phi) is 75.3. The summed E-state index contributed by atoms with van der Waals surface area (Å²) in [5, 5.41) is 22.1. The highest BCUT2D eigenvalue weighted by Crippen LogP contribution is 2.31. The van der Waals surface area contributed by atoms with Crippen LogP contribution in [-0.4, -0.2) is 161 Å². The average molecular weight is 1730 g/mol. The minimum Gasteiger partial charge on any atom is -0.499 e. The lowest BCUT2D eigenvalue weighted by molar-refractivity contribution is -0.144. The maximum absolute atomic E-state index is 12.0. The number of hydrogen-bond acceptors (Lipinski definition) is 19. The van der Waals surface area contributed by atoms with E-state index in [9.17, 15) is 19.2 Å². The van der Waals surface area contributed by atoms with Crippen molar-refractivity contribution in [3.8, 4) is 12.1 Å². The molecule has 0 bridgehead atoms. The third-order valence-corrected chi connectivity index (χ3v) is 19.9. The van der Waals surface area contributed by atoms with Gasteiger partial charge in [0.1, 0.15) is 46.1 Å². The van der Waals surface area contributed by atoms with Crippen LogP contribution in [0.4, 0.5) is 9.59 Å². The molecule has 0 aliphatic rings. The molecule has 2 N–H and O–H groups in total. The van der Waals surface area contributed by atoms with Gasteiger partial charge >= 0.3 is 24.1 Å². The normalized spacial score (nSPS) is 12.0. The van der Waals surface area contributed by atoms with Gasteiger partial charge in [0.05, 0.1) is 139 Å². The van der Waals surface area contributed by atoms with Gasteiger partial charge in [-0.3, -0.25) is 4.79 Å². The molecule has 0 radical (unpaired) electrons. The van der Waals surface area contributed by atoms with Crippen LogP contribution in [0.25, 0.3) is 15.8 Å². The smallest absolute Gasteiger partial charge is 0.408 e. The Morgan fingerprint density at radius 1 is 0.444 bits per heavy atom. The molecule has 696 valence electrons. The van der Waals surface area contributed by atoms with Crippen LogP contribution >= 0.6 is 0 Å². The predicted octanol–water partition coefficient (Wildman–Crippen LogP) is 23.1. The first-order valence-electron chi connectivity index (χ1n) is 43.9. The second-order valence-corrected chi connectivity index (χ2v) is 31.6. The first-order valence-corrected chi connectivity index (χ1v) is 43.9. The number of hydrogen-bond donors (Lipinski definition) is 2. The number of carbonyl (C=O) groups excluding carboxylic acids is 4. The molecule has 0 saturated heterocycles. The van der Waals surface area contributed by atoms with Gasteiger partial charge in [-0.25, -0.2) is 27.5 Å². The molecule has 23 nitrogen and oxygen atoms in total. The van der Waals surface area contributed by atoms with Crippen molar-refractivity contribution in [1.29, 1.82) is 10.5 Å².